The Balaban J connectivity index is 1.93. The number of aryl methyl sites for hydroxylation is 1. The van der Waals surface area contributed by atoms with Gasteiger partial charge in [-0.15, -0.1) is 0 Å². The first-order valence-corrected chi connectivity index (χ1v) is 8.15. The number of non-ortho nitro benzene ring substituents is 1. The number of benzene rings is 2. The number of carbonyl (C=O) groups excluding carboxylic acids is 1. The summed E-state index contributed by atoms with van der Waals surface area (Å²) in [5, 5.41) is 14.7. The van der Waals surface area contributed by atoms with E-state index in [-0.39, 0.29) is 18.0 Å². The molecule has 0 radical (unpaired) electrons. The molecule has 0 aliphatic heterocycles. The number of nitro benzene ring substituents is 1. The normalized spacial score (nSPS) is 11.2. The van der Waals surface area contributed by atoms with Gasteiger partial charge in [0.05, 0.1) is 17.1 Å². The van der Waals surface area contributed by atoms with Gasteiger partial charge in [0.25, 0.3) is 5.69 Å². The highest BCUT2D eigenvalue weighted by molar-refractivity contribution is 5.99. The molecule has 1 amide bonds. The zero-order valence-electron chi connectivity index (χ0n) is 14.4. The first-order chi connectivity index (χ1) is 12.0. The van der Waals surface area contributed by atoms with Crippen molar-refractivity contribution in [2.75, 3.05) is 0 Å². The maximum absolute atomic E-state index is 12.0. The van der Waals surface area contributed by atoms with Crippen LogP contribution < -0.4 is 5.43 Å². The molecule has 0 heterocycles. The quantitative estimate of drug-likeness (QED) is 0.475. The minimum atomic E-state index is -0.469. The Morgan fingerprint density at radius 3 is 2.24 bits per heavy atom. The van der Waals surface area contributed by atoms with Crippen LogP contribution in [0.3, 0.4) is 0 Å². The van der Waals surface area contributed by atoms with Crippen LogP contribution in [0.15, 0.2) is 53.6 Å². The molecule has 130 valence electrons. The number of nitrogens with one attached hydrogen (secondary N) is 1. The predicted octanol–water partition coefficient (Wildman–Crippen LogP) is 3.63. The van der Waals surface area contributed by atoms with Crippen molar-refractivity contribution in [2.45, 2.75) is 33.1 Å². The van der Waals surface area contributed by atoms with Gasteiger partial charge >= 0.3 is 0 Å². The maximum atomic E-state index is 12.0. The van der Waals surface area contributed by atoms with Crippen molar-refractivity contribution < 1.29 is 9.72 Å². The van der Waals surface area contributed by atoms with Gasteiger partial charge in [0.2, 0.25) is 5.91 Å². The van der Waals surface area contributed by atoms with Crippen LogP contribution in [0.25, 0.3) is 0 Å². The van der Waals surface area contributed by atoms with Gasteiger partial charge in [0.1, 0.15) is 0 Å². The Labute approximate surface area is 146 Å². The van der Waals surface area contributed by atoms with Crippen LogP contribution in [0.2, 0.25) is 0 Å². The average molecular weight is 339 g/mol. The molecular formula is C19H21N3O3. The third kappa shape index (κ3) is 5.53. The van der Waals surface area contributed by atoms with Gasteiger partial charge in [0.15, 0.2) is 0 Å². The zero-order valence-corrected chi connectivity index (χ0v) is 14.4. The summed E-state index contributed by atoms with van der Waals surface area (Å²) in [6.45, 7) is 3.97. The molecule has 0 aliphatic rings. The summed E-state index contributed by atoms with van der Waals surface area (Å²) in [6, 6.07) is 14.0. The third-order valence-corrected chi connectivity index (χ3v) is 3.77. The Hall–Kier alpha value is -3.02. The van der Waals surface area contributed by atoms with Crippen molar-refractivity contribution in [1.29, 1.82) is 0 Å². The Bertz CT molecular complexity index is 766. The SMILES string of the molecule is CCCc1ccc(C(C)=NNC(=O)Cc2ccc([N+](=O)[O-])cc2)cc1. The number of nitrogens with zero attached hydrogens (tertiary/aromatic N) is 2. The van der Waals surface area contributed by atoms with Gasteiger partial charge in [-0.2, -0.15) is 5.10 Å². The number of rotatable bonds is 7. The molecule has 25 heavy (non-hydrogen) atoms. The number of hydrogen-bond acceptors (Lipinski definition) is 4. The summed E-state index contributed by atoms with van der Waals surface area (Å²) in [5.74, 6) is -0.268. The van der Waals surface area contributed by atoms with Gasteiger partial charge in [-0.3, -0.25) is 14.9 Å². The fourth-order valence-corrected chi connectivity index (χ4v) is 2.37. The number of amides is 1. The van der Waals surface area contributed by atoms with E-state index in [1.54, 1.807) is 12.1 Å². The average Bonchev–Trinajstić information content (AvgIpc) is 2.61. The molecule has 1 N–H and O–H groups in total. The van der Waals surface area contributed by atoms with Crippen LogP contribution in [-0.4, -0.2) is 16.5 Å². The number of hydrogen-bond donors (Lipinski definition) is 1. The molecular weight excluding hydrogens is 318 g/mol. The monoisotopic (exact) mass is 339 g/mol. The summed E-state index contributed by atoms with van der Waals surface area (Å²) in [7, 11) is 0. The molecule has 0 atom stereocenters. The van der Waals surface area contributed by atoms with E-state index < -0.39 is 4.92 Å². The van der Waals surface area contributed by atoms with Gasteiger partial charge in [-0.25, -0.2) is 5.43 Å². The maximum Gasteiger partial charge on any atom is 0.269 e. The van der Waals surface area contributed by atoms with E-state index in [1.807, 2.05) is 19.1 Å². The van der Waals surface area contributed by atoms with Gasteiger partial charge < -0.3 is 0 Å². The van der Waals surface area contributed by atoms with E-state index in [4.69, 9.17) is 0 Å². The summed E-state index contributed by atoms with van der Waals surface area (Å²) in [5.41, 5.74) is 6.18. The highest BCUT2D eigenvalue weighted by Crippen LogP contribution is 2.12. The van der Waals surface area contributed by atoms with Crippen molar-refractivity contribution in [1.82, 2.24) is 5.43 Å². The van der Waals surface area contributed by atoms with E-state index >= 15 is 0 Å². The second kappa shape index (κ2) is 8.73. The topological polar surface area (TPSA) is 84.6 Å². The van der Waals surface area contributed by atoms with Crippen molar-refractivity contribution in [2.24, 2.45) is 5.10 Å². The molecule has 0 aliphatic carbocycles. The van der Waals surface area contributed by atoms with E-state index in [0.29, 0.717) is 5.56 Å². The predicted molar refractivity (Wildman–Crippen MR) is 97.6 cm³/mol. The Kier molecular flexibility index (Phi) is 6.39. The molecule has 0 saturated carbocycles. The molecule has 0 aromatic heterocycles. The molecule has 0 fully saturated rings. The van der Waals surface area contributed by atoms with Crippen LogP contribution >= 0.6 is 0 Å². The molecule has 0 spiro atoms. The minimum absolute atomic E-state index is 0.00421. The molecule has 2 aromatic rings. The molecule has 0 bridgehead atoms. The van der Waals surface area contributed by atoms with Gasteiger partial charge in [0, 0.05) is 12.1 Å². The third-order valence-electron chi connectivity index (χ3n) is 3.77. The second-order valence-corrected chi connectivity index (χ2v) is 5.78. The fourth-order valence-electron chi connectivity index (χ4n) is 2.37. The van der Waals surface area contributed by atoms with Crippen molar-refractivity contribution in [3.63, 3.8) is 0 Å². The number of carbonyl (C=O) groups is 1. The molecule has 0 saturated heterocycles. The largest absolute Gasteiger partial charge is 0.273 e. The van der Waals surface area contributed by atoms with Crippen LogP contribution in [0.5, 0.6) is 0 Å². The molecule has 2 rings (SSSR count). The van der Waals surface area contributed by atoms with Crippen molar-refractivity contribution in [3.05, 3.63) is 75.3 Å². The molecule has 0 unspecified atom stereocenters. The minimum Gasteiger partial charge on any atom is -0.273 e. The van der Waals surface area contributed by atoms with Crippen LogP contribution in [0, 0.1) is 10.1 Å². The van der Waals surface area contributed by atoms with Gasteiger partial charge in [-0.05, 0) is 30.0 Å². The standard InChI is InChI=1S/C19H21N3O3/c1-3-4-15-5-9-17(10-6-15)14(2)20-21-19(23)13-16-7-11-18(12-8-16)22(24)25/h5-12H,3-4,13H2,1-2H3,(H,21,23). The highest BCUT2D eigenvalue weighted by Gasteiger charge is 2.07. The lowest BCUT2D eigenvalue weighted by Gasteiger charge is -2.05. The van der Waals surface area contributed by atoms with Crippen LogP contribution in [-0.2, 0) is 17.6 Å². The first kappa shape index (κ1) is 18.3. The van der Waals surface area contributed by atoms with Gasteiger partial charge in [-0.1, -0.05) is 49.7 Å². The fraction of sp³-hybridized carbons (Fsp3) is 0.263. The van der Waals surface area contributed by atoms with Crippen molar-refractivity contribution in [3.8, 4) is 0 Å². The summed E-state index contributed by atoms with van der Waals surface area (Å²) in [4.78, 5) is 22.1. The highest BCUT2D eigenvalue weighted by atomic mass is 16.6. The zero-order chi connectivity index (χ0) is 18.2. The smallest absolute Gasteiger partial charge is 0.269 e. The molecule has 2 aromatic carbocycles. The summed E-state index contributed by atoms with van der Waals surface area (Å²) >= 11 is 0. The first-order valence-electron chi connectivity index (χ1n) is 8.15. The number of hydrazone groups is 1. The lowest BCUT2D eigenvalue weighted by molar-refractivity contribution is -0.384. The number of nitro groups is 1. The van der Waals surface area contributed by atoms with E-state index in [9.17, 15) is 14.9 Å². The van der Waals surface area contributed by atoms with E-state index in [0.717, 1.165) is 24.1 Å². The van der Waals surface area contributed by atoms with E-state index in [2.05, 4.69) is 29.6 Å². The Morgan fingerprint density at radius 1 is 1.08 bits per heavy atom. The lowest BCUT2D eigenvalue weighted by atomic mass is 10.1. The summed E-state index contributed by atoms with van der Waals surface area (Å²) < 4.78 is 0. The Morgan fingerprint density at radius 2 is 1.68 bits per heavy atom. The molecule has 6 heteroatoms. The second-order valence-electron chi connectivity index (χ2n) is 5.78. The van der Waals surface area contributed by atoms with E-state index in [1.165, 1.54) is 17.7 Å². The van der Waals surface area contributed by atoms with Crippen molar-refractivity contribution >= 4 is 17.3 Å². The van der Waals surface area contributed by atoms with Crippen LogP contribution in [0.4, 0.5) is 5.69 Å². The lowest BCUT2D eigenvalue weighted by Crippen LogP contribution is -2.21. The molecule has 6 nitrogen and oxygen atoms in total. The van der Waals surface area contributed by atoms with Crippen LogP contribution in [0.1, 0.15) is 37.0 Å². The summed E-state index contributed by atoms with van der Waals surface area (Å²) in [6.07, 6.45) is 2.26.